The third kappa shape index (κ3) is 6.27. The maximum atomic E-state index is 12.2. The van der Waals surface area contributed by atoms with Crippen molar-refractivity contribution in [2.45, 2.75) is 32.6 Å². The number of benzene rings is 1. The Morgan fingerprint density at radius 1 is 1.28 bits per heavy atom. The van der Waals surface area contributed by atoms with Crippen LogP contribution in [-0.2, 0) is 16.6 Å². The van der Waals surface area contributed by atoms with Gasteiger partial charge in [0.05, 0.1) is 24.4 Å². The molecule has 1 fully saturated rings. The smallest absolute Gasteiger partial charge is 0.253 e. The fraction of sp³-hybridized carbons (Fsp3) is 0.375. The van der Waals surface area contributed by atoms with Gasteiger partial charge in [-0.15, -0.1) is 11.3 Å². The van der Waals surface area contributed by atoms with Crippen molar-refractivity contribution in [3.05, 3.63) is 59.2 Å². The molecule has 0 radical (unpaired) electrons. The summed E-state index contributed by atoms with van der Waals surface area (Å²) in [6.07, 6.45) is 5.70. The number of hydrogen-bond acceptors (Lipinski definition) is 5. The van der Waals surface area contributed by atoms with Gasteiger partial charge in [-0.1, -0.05) is 32.0 Å². The van der Waals surface area contributed by atoms with Crippen molar-refractivity contribution in [2.75, 3.05) is 25.1 Å². The zero-order chi connectivity index (χ0) is 22.9. The molecule has 3 aromatic rings. The minimum absolute atomic E-state index is 0.111. The van der Waals surface area contributed by atoms with E-state index in [0.29, 0.717) is 16.6 Å². The van der Waals surface area contributed by atoms with Crippen LogP contribution in [0.1, 0.15) is 48.5 Å². The molecule has 1 aromatic carbocycles. The van der Waals surface area contributed by atoms with Crippen LogP contribution in [0.3, 0.4) is 0 Å². The van der Waals surface area contributed by atoms with Crippen LogP contribution in [0.25, 0.3) is 11.3 Å². The number of thiazole rings is 1. The number of carbonyl (C=O) groups is 2. The van der Waals surface area contributed by atoms with Crippen molar-refractivity contribution in [3.8, 4) is 11.3 Å². The molecule has 0 bridgehead atoms. The molecule has 1 aliphatic rings. The summed E-state index contributed by atoms with van der Waals surface area (Å²) in [6, 6.07) is 10.0. The molecule has 1 saturated heterocycles. The molecule has 4 rings (SSSR count). The van der Waals surface area contributed by atoms with Crippen LogP contribution >= 0.6 is 11.3 Å². The first kappa shape index (κ1) is 23.7. The molecule has 1 unspecified atom stereocenters. The number of nitrogens with one attached hydrogen (secondary N) is 2. The van der Waals surface area contributed by atoms with E-state index in [1.807, 2.05) is 38.4 Å². The second-order valence-corrected chi connectivity index (χ2v) is 8.23. The van der Waals surface area contributed by atoms with E-state index < -0.39 is 0 Å². The Bertz CT molecular complexity index is 1040. The molecule has 1 aliphatic heterocycles. The third-order valence-corrected chi connectivity index (χ3v) is 5.83. The van der Waals surface area contributed by atoms with Gasteiger partial charge >= 0.3 is 0 Å². The van der Waals surface area contributed by atoms with Gasteiger partial charge in [-0.2, -0.15) is 0 Å². The first-order valence-corrected chi connectivity index (χ1v) is 11.8. The quantitative estimate of drug-likeness (QED) is 0.577. The van der Waals surface area contributed by atoms with Gasteiger partial charge in [-0.05, 0) is 30.5 Å². The molecular weight excluding hydrogens is 424 g/mol. The van der Waals surface area contributed by atoms with E-state index in [1.54, 1.807) is 23.0 Å². The lowest BCUT2D eigenvalue weighted by Gasteiger charge is -2.22. The van der Waals surface area contributed by atoms with Crippen LogP contribution in [0.15, 0.2) is 48.1 Å². The van der Waals surface area contributed by atoms with E-state index in [-0.39, 0.29) is 18.4 Å². The average Bonchev–Trinajstić information content (AvgIpc) is 3.49. The van der Waals surface area contributed by atoms with Gasteiger partial charge in [0, 0.05) is 42.9 Å². The summed E-state index contributed by atoms with van der Waals surface area (Å²) < 4.78 is 7.39. The highest BCUT2D eigenvalue weighted by molar-refractivity contribution is 7.14. The van der Waals surface area contributed by atoms with Crippen molar-refractivity contribution in [1.29, 1.82) is 0 Å². The predicted molar refractivity (Wildman–Crippen MR) is 128 cm³/mol. The largest absolute Gasteiger partial charge is 0.381 e. The Morgan fingerprint density at radius 2 is 2.12 bits per heavy atom. The van der Waals surface area contributed by atoms with Crippen molar-refractivity contribution < 1.29 is 14.3 Å². The fourth-order valence-electron chi connectivity index (χ4n) is 3.48. The van der Waals surface area contributed by atoms with E-state index in [0.717, 1.165) is 37.3 Å². The standard InChI is InChI=1S/C22H24N4O3S.C2H6/c1-26-8-7-17(12-26)21(28)23-11-20(27)25-22-24-19(14-30-22)16-5-2-4-15(10-16)18-6-3-9-29-13-18;1-2/h2,4-5,7-8,10,12,14,18H,3,6,9,11,13H2,1H3,(H,23,28)(H,24,25,27);1-2H3. The average molecular weight is 455 g/mol. The molecule has 2 aromatic heterocycles. The minimum Gasteiger partial charge on any atom is -0.381 e. The summed E-state index contributed by atoms with van der Waals surface area (Å²) in [4.78, 5) is 28.8. The van der Waals surface area contributed by atoms with Crippen LogP contribution in [0.2, 0.25) is 0 Å². The summed E-state index contributed by atoms with van der Waals surface area (Å²) >= 11 is 1.36. The van der Waals surface area contributed by atoms with E-state index in [4.69, 9.17) is 4.74 Å². The number of nitrogens with zero attached hydrogens (tertiary/aromatic N) is 2. The molecular formula is C24H30N4O3S. The van der Waals surface area contributed by atoms with Gasteiger partial charge in [0.25, 0.3) is 5.91 Å². The SMILES string of the molecule is CC.Cn1ccc(C(=O)NCC(=O)Nc2nc(-c3cccc(C4CCCOC4)c3)cs2)c1. The number of aromatic nitrogens is 2. The maximum absolute atomic E-state index is 12.2. The van der Waals surface area contributed by atoms with Crippen LogP contribution in [0.4, 0.5) is 5.13 Å². The summed E-state index contributed by atoms with van der Waals surface area (Å²) in [5, 5.41) is 7.80. The highest BCUT2D eigenvalue weighted by atomic mass is 32.1. The Labute approximate surface area is 192 Å². The second-order valence-electron chi connectivity index (χ2n) is 7.37. The van der Waals surface area contributed by atoms with Crippen molar-refractivity contribution >= 4 is 28.3 Å². The lowest BCUT2D eigenvalue weighted by atomic mass is 9.92. The molecule has 8 heteroatoms. The molecule has 2 N–H and O–H groups in total. The Kier molecular flexibility index (Phi) is 8.58. The zero-order valence-corrected chi connectivity index (χ0v) is 19.6. The first-order chi connectivity index (χ1) is 15.6. The van der Waals surface area contributed by atoms with Gasteiger partial charge in [0.15, 0.2) is 5.13 Å². The molecule has 2 amide bonds. The summed E-state index contributed by atoms with van der Waals surface area (Å²) in [6.45, 7) is 5.49. The number of ether oxygens (including phenoxy) is 1. The second kappa shape index (κ2) is 11.6. The van der Waals surface area contributed by atoms with Gasteiger partial charge in [0.1, 0.15) is 0 Å². The molecule has 0 spiro atoms. The lowest BCUT2D eigenvalue weighted by molar-refractivity contribution is -0.115. The van der Waals surface area contributed by atoms with Crippen LogP contribution < -0.4 is 10.6 Å². The van der Waals surface area contributed by atoms with Crippen LogP contribution in [-0.4, -0.2) is 41.1 Å². The van der Waals surface area contributed by atoms with Crippen LogP contribution in [0, 0.1) is 0 Å². The molecule has 170 valence electrons. The van der Waals surface area contributed by atoms with Crippen molar-refractivity contribution in [2.24, 2.45) is 7.05 Å². The highest BCUT2D eigenvalue weighted by Gasteiger charge is 2.17. The Morgan fingerprint density at radius 3 is 2.84 bits per heavy atom. The van der Waals surface area contributed by atoms with Gasteiger partial charge < -0.3 is 19.9 Å². The topological polar surface area (TPSA) is 85.3 Å². The first-order valence-electron chi connectivity index (χ1n) is 10.9. The summed E-state index contributed by atoms with van der Waals surface area (Å²) in [5.41, 5.74) is 3.62. The number of amides is 2. The minimum atomic E-state index is -0.312. The normalized spacial score (nSPS) is 15.4. The molecule has 3 heterocycles. The molecule has 0 saturated carbocycles. The number of anilines is 1. The van der Waals surface area contributed by atoms with Crippen LogP contribution in [0.5, 0.6) is 0 Å². The number of hydrogen-bond donors (Lipinski definition) is 2. The summed E-state index contributed by atoms with van der Waals surface area (Å²) in [7, 11) is 1.84. The predicted octanol–water partition coefficient (Wildman–Crippen LogP) is 4.44. The van der Waals surface area contributed by atoms with E-state index >= 15 is 0 Å². The molecule has 32 heavy (non-hydrogen) atoms. The lowest BCUT2D eigenvalue weighted by Crippen LogP contribution is -2.32. The van der Waals surface area contributed by atoms with E-state index in [9.17, 15) is 9.59 Å². The fourth-order valence-corrected chi connectivity index (χ4v) is 4.22. The Hall–Kier alpha value is -2.97. The molecule has 7 nitrogen and oxygen atoms in total. The molecule has 1 atom stereocenters. The number of aryl methyl sites for hydroxylation is 1. The Balaban J connectivity index is 0.00000141. The zero-order valence-electron chi connectivity index (χ0n) is 18.8. The highest BCUT2D eigenvalue weighted by Crippen LogP contribution is 2.30. The number of rotatable bonds is 6. The van der Waals surface area contributed by atoms with Crippen molar-refractivity contribution in [3.63, 3.8) is 0 Å². The van der Waals surface area contributed by atoms with E-state index in [1.165, 1.54) is 16.9 Å². The van der Waals surface area contributed by atoms with Gasteiger partial charge in [-0.3, -0.25) is 9.59 Å². The number of carbonyl (C=O) groups excluding carboxylic acids is 2. The third-order valence-electron chi connectivity index (χ3n) is 5.07. The monoisotopic (exact) mass is 454 g/mol. The van der Waals surface area contributed by atoms with E-state index in [2.05, 4.69) is 27.8 Å². The maximum Gasteiger partial charge on any atom is 0.253 e. The summed E-state index contributed by atoms with van der Waals surface area (Å²) in [5.74, 6) is -0.174. The molecule has 0 aliphatic carbocycles. The van der Waals surface area contributed by atoms with Gasteiger partial charge in [-0.25, -0.2) is 4.98 Å². The van der Waals surface area contributed by atoms with Crippen molar-refractivity contribution in [1.82, 2.24) is 14.9 Å². The van der Waals surface area contributed by atoms with Gasteiger partial charge in [0.2, 0.25) is 5.91 Å².